The molecule has 0 aliphatic carbocycles. The highest BCUT2D eigenvalue weighted by molar-refractivity contribution is 7.92. The number of nitrogens with two attached hydrogens (primary N) is 2. The molecule has 43 heavy (non-hydrogen) atoms. The third-order valence-electron chi connectivity index (χ3n) is 6.60. The van der Waals surface area contributed by atoms with E-state index in [2.05, 4.69) is 4.98 Å². The molecule has 1 aliphatic rings. The third-order valence-corrected chi connectivity index (χ3v) is 9.22. The number of hydrogen-bond donors (Lipinski definition) is 2. The lowest BCUT2D eigenvalue weighted by Crippen LogP contribution is -2.62. The molecular weight excluding hydrogens is 628 g/mol. The summed E-state index contributed by atoms with van der Waals surface area (Å²) in [4.78, 5) is 5.13. The number of benzene rings is 2. The Morgan fingerprint density at radius 1 is 0.953 bits per heavy atom. The van der Waals surface area contributed by atoms with E-state index < -0.39 is 61.0 Å². The summed E-state index contributed by atoms with van der Waals surface area (Å²) in [5.41, 5.74) is 6.97. The average molecular weight is 654 g/mol. The Balaban J connectivity index is 1.85. The minimum atomic E-state index is -5.85. The Bertz CT molecular complexity index is 1750. The van der Waals surface area contributed by atoms with Crippen LogP contribution >= 0.6 is 0 Å². The summed E-state index contributed by atoms with van der Waals surface area (Å²) in [5.74, 6) is -0.583. The molecule has 0 amide bonds. The van der Waals surface area contributed by atoms with Crippen LogP contribution < -0.4 is 21.1 Å². The number of halogens is 6. The number of nitrogens with zero attached hydrogens (tertiary/aromatic N) is 3. The van der Waals surface area contributed by atoms with Crippen molar-refractivity contribution in [1.29, 1.82) is 0 Å². The van der Waals surface area contributed by atoms with E-state index in [4.69, 9.17) is 16.2 Å². The zero-order valence-electron chi connectivity index (χ0n) is 22.4. The van der Waals surface area contributed by atoms with E-state index in [0.717, 1.165) is 19.4 Å². The van der Waals surface area contributed by atoms with Crippen LogP contribution in [0.1, 0.15) is 17.4 Å². The topological polar surface area (TPSA) is 149 Å². The van der Waals surface area contributed by atoms with Crippen molar-refractivity contribution in [2.75, 3.05) is 24.8 Å². The van der Waals surface area contributed by atoms with E-state index in [0.29, 0.717) is 16.5 Å². The second-order valence-corrected chi connectivity index (χ2v) is 13.5. The van der Waals surface area contributed by atoms with Crippen LogP contribution in [0.15, 0.2) is 64.4 Å². The van der Waals surface area contributed by atoms with Crippen molar-refractivity contribution in [3.05, 3.63) is 65.9 Å². The van der Waals surface area contributed by atoms with Crippen LogP contribution in [0, 0.1) is 0 Å². The molecule has 3 aromatic rings. The monoisotopic (exact) mass is 653 g/mol. The quantitative estimate of drug-likeness (QED) is 0.363. The smallest absolute Gasteiger partial charge is 0.495 e. The van der Waals surface area contributed by atoms with Gasteiger partial charge in [-0.25, -0.2) is 26.7 Å². The van der Waals surface area contributed by atoms with Gasteiger partial charge in [-0.05, 0) is 48.0 Å². The summed E-state index contributed by atoms with van der Waals surface area (Å²) in [6, 6.07) is 11.3. The summed E-state index contributed by atoms with van der Waals surface area (Å²) in [6.45, 7) is -1.73. The Labute approximate surface area is 242 Å². The van der Waals surface area contributed by atoms with Crippen LogP contribution in [0.3, 0.4) is 0 Å². The molecule has 10 nitrogen and oxygen atoms in total. The summed E-state index contributed by atoms with van der Waals surface area (Å²) in [5, 5.41) is 0. The van der Waals surface area contributed by atoms with E-state index in [1.165, 1.54) is 41.3 Å². The van der Waals surface area contributed by atoms with Gasteiger partial charge in [0.15, 0.2) is 9.84 Å². The molecule has 1 aliphatic heterocycles. The first-order valence-electron chi connectivity index (χ1n) is 12.1. The maximum absolute atomic E-state index is 13.6. The van der Waals surface area contributed by atoms with E-state index in [1.807, 2.05) is 0 Å². The molecule has 1 aromatic heterocycles. The average Bonchev–Trinajstić information content (AvgIpc) is 2.91. The SMILES string of the molecule is COc1ccc(-c2ccc3c(n2)C(N)N(CC(F)(F)F)C(N)N3Cc2cccc(S(C)(=O)=O)c2)cc1S(=O)(=O)C(F)(F)F. The zero-order chi connectivity index (χ0) is 32.1. The van der Waals surface area contributed by atoms with Crippen LogP contribution in [0.25, 0.3) is 11.3 Å². The fraction of sp³-hybridized carbons (Fsp3) is 0.320. The Kier molecular flexibility index (Phi) is 8.48. The lowest BCUT2D eigenvalue weighted by Gasteiger charge is -2.46. The second-order valence-electron chi connectivity index (χ2n) is 9.61. The number of anilines is 1. The molecule has 0 spiro atoms. The van der Waals surface area contributed by atoms with Gasteiger partial charge in [0.1, 0.15) is 23.1 Å². The van der Waals surface area contributed by atoms with Crippen molar-refractivity contribution in [3.63, 3.8) is 0 Å². The van der Waals surface area contributed by atoms with E-state index >= 15 is 0 Å². The number of hydrogen-bond acceptors (Lipinski definition) is 10. The minimum absolute atomic E-state index is 0.0303. The molecule has 234 valence electrons. The number of methoxy groups -OCH3 is 1. The molecule has 0 fully saturated rings. The normalized spacial score (nSPS) is 18.4. The number of fused-ring (bicyclic) bond motifs is 1. The van der Waals surface area contributed by atoms with E-state index in [-0.39, 0.29) is 34.1 Å². The summed E-state index contributed by atoms with van der Waals surface area (Å²) < 4.78 is 134. The molecule has 2 aromatic carbocycles. The highest BCUT2D eigenvalue weighted by atomic mass is 32.2. The lowest BCUT2D eigenvalue weighted by molar-refractivity contribution is -0.158. The molecular formula is C25H25F6N5O5S2. The van der Waals surface area contributed by atoms with Gasteiger partial charge in [-0.15, -0.1) is 0 Å². The maximum atomic E-state index is 13.6. The second kappa shape index (κ2) is 11.2. The molecule has 2 heterocycles. The van der Waals surface area contributed by atoms with Crippen LogP contribution in [-0.2, 0) is 26.2 Å². The van der Waals surface area contributed by atoms with Gasteiger partial charge in [-0.2, -0.15) is 26.3 Å². The highest BCUT2D eigenvalue weighted by Crippen LogP contribution is 2.40. The minimum Gasteiger partial charge on any atom is -0.495 e. The van der Waals surface area contributed by atoms with Gasteiger partial charge in [-0.3, -0.25) is 5.73 Å². The Morgan fingerprint density at radius 2 is 1.63 bits per heavy atom. The largest absolute Gasteiger partial charge is 0.502 e. The van der Waals surface area contributed by atoms with Crippen LogP contribution in [0.5, 0.6) is 5.75 Å². The van der Waals surface area contributed by atoms with Gasteiger partial charge in [0.05, 0.1) is 35.6 Å². The predicted octanol–water partition coefficient (Wildman–Crippen LogP) is 3.54. The molecule has 18 heteroatoms. The van der Waals surface area contributed by atoms with Crippen molar-refractivity contribution in [1.82, 2.24) is 9.88 Å². The molecule has 4 rings (SSSR count). The van der Waals surface area contributed by atoms with Crippen molar-refractivity contribution in [2.45, 2.75) is 40.5 Å². The first-order chi connectivity index (χ1) is 19.7. The number of aromatic nitrogens is 1. The lowest BCUT2D eigenvalue weighted by atomic mass is 10.1. The van der Waals surface area contributed by atoms with Crippen molar-refractivity contribution < 1.29 is 47.9 Å². The maximum Gasteiger partial charge on any atom is 0.502 e. The van der Waals surface area contributed by atoms with Crippen molar-refractivity contribution in [2.24, 2.45) is 11.5 Å². The predicted molar refractivity (Wildman–Crippen MR) is 143 cm³/mol. The third kappa shape index (κ3) is 6.57. The van der Waals surface area contributed by atoms with Gasteiger partial charge in [0, 0.05) is 18.4 Å². The Hall–Kier alpha value is -3.45. The van der Waals surface area contributed by atoms with Gasteiger partial charge in [-0.1, -0.05) is 12.1 Å². The first kappa shape index (κ1) is 32.5. The van der Waals surface area contributed by atoms with Gasteiger partial charge in [0.25, 0.3) is 9.84 Å². The van der Waals surface area contributed by atoms with E-state index in [9.17, 15) is 43.2 Å². The molecule has 0 saturated heterocycles. The first-order valence-corrected chi connectivity index (χ1v) is 15.5. The molecule has 2 unspecified atom stereocenters. The fourth-order valence-electron chi connectivity index (χ4n) is 4.55. The Morgan fingerprint density at radius 3 is 2.21 bits per heavy atom. The van der Waals surface area contributed by atoms with Crippen LogP contribution in [-0.4, -0.2) is 64.6 Å². The number of rotatable bonds is 7. The molecule has 0 radical (unpaired) electrons. The van der Waals surface area contributed by atoms with Gasteiger partial charge < -0.3 is 15.4 Å². The van der Waals surface area contributed by atoms with Crippen molar-refractivity contribution >= 4 is 25.4 Å². The molecule has 0 bridgehead atoms. The standard InChI is InChI=1S/C25H25F6N5O5S2/c1-41-19-9-6-15(11-20(19)43(39,40)25(29,30)31)17-7-8-18-21(34-17)22(32)36(13-24(26,27)28)23(33)35(18)12-14-4-3-5-16(10-14)42(2,37)38/h3-11,22-23H,12-13,32-33H2,1-2H3. The highest BCUT2D eigenvalue weighted by Gasteiger charge is 2.48. The number of sulfone groups is 2. The van der Waals surface area contributed by atoms with Gasteiger partial charge >= 0.3 is 11.7 Å². The van der Waals surface area contributed by atoms with Crippen molar-refractivity contribution in [3.8, 4) is 17.0 Å². The van der Waals surface area contributed by atoms with Crippen LogP contribution in [0.4, 0.5) is 32.0 Å². The van der Waals surface area contributed by atoms with E-state index in [1.54, 1.807) is 6.07 Å². The number of alkyl halides is 6. The fourth-order valence-corrected chi connectivity index (χ4v) is 6.19. The van der Waals surface area contributed by atoms with Crippen LogP contribution in [0.2, 0.25) is 0 Å². The summed E-state index contributed by atoms with van der Waals surface area (Å²) >= 11 is 0. The molecule has 2 atom stereocenters. The number of ether oxygens (including phenoxy) is 1. The molecule has 0 saturated carbocycles. The number of pyridine rings is 1. The van der Waals surface area contributed by atoms with Gasteiger partial charge in [0.2, 0.25) is 0 Å². The summed E-state index contributed by atoms with van der Waals surface area (Å²) in [6.07, 6.45) is -6.75. The zero-order valence-corrected chi connectivity index (χ0v) is 24.0. The summed E-state index contributed by atoms with van der Waals surface area (Å²) in [7, 11) is -8.48. The molecule has 4 N–H and O–H groups in total.